The van der Waals surface area contributed by atoms with Gasteiger partial charge in [0.1, 0.15) is 6.04 Å². The Morgan fingerprint density at radius 2 is 2.00 bits per heavy atom. The van der Waals surface area contributed by atoms with Crippen LogP contribution in [0.5, 0.6) is 0 Å². The fourth-order valence-corrected chi connectivity index (χ4v) is 2.56. The van der Waals surface area contributed by atoms with Crippen LogP contribution in [0.2, 0.25) is 0 Å². The second-order valence-electron chi connectivity index (χ2n) is 5.48. The molecule has 1 N–H and O–H groups in total. The van der Waals surface area contributed by atoms with Crippen LogP contribution in [0.3, 0.4) is 0 Å². The summed E-state index contributed by atoms with van der Waals surface area (Å²) in [6.07, 6.45) is -2.32. The van der Waals surface area contributed by atoms with Gasteiger partial charge in [-0.25, -0.2) is 0 Å². The first-order valence-corrected chi connectivity index (χ1v) is 7.48. The molecule has 1 saturated heterocycles. The van der Waals surface area contributed by atoms with Crippen LogP contribution < -0.4 is 5.32 Å². The summed E-state index contributed by atoms with van der Waals surface area (Å²) in [6.45, 7) is 4.21. The summed E-state index contributed by atoms with van der Waals surface area (Å²) in [4.78, 5) is 13.6. The summed E-state index contributed by atoms with van der Waals surface area (Å²) < 4.78 is 42.5. The smallest absolute Gasteiger partial charge is 0.391 e. The number of alkyl halides is 3. The maximum absolute atomic E-state index is 12.6. The number of nitrogens with one attached hydrogen (secondary N) is 1. The van der Waals surface area contributed by atoms with Gasteiger partial charge in [-0.1, -0.05) is 6.92 Å². The summed E-state index contributed by atoms with van der Waals surface area (Å²) in [6, 6.07) is -0.379. The molecule has 1 aliphatic heterocycles. The van der Waals surface area contributed by atoms with E-state index in [1.165, 1.54) is 7.11 Å². The lowest BCUT2D eigenvalue weighted by molar-refractivity contribution is -0.185. The van der Waals surface area contributed by atoms with Gasteiger partial charge in [-0.05, 0) is 45.3 Å². The van der Waals surface area contributed by atoms with Crippen molar-refractivity contribution in [3.8, 4) is 0 Å². The molecule has 1 atom stereocenters. The van der Waals surface area contributed by atoms with E-state index in [0.717, 1.165) is 13.0 Å². The SMILES string of the molecule is CCCNC(CCN1CCC(C(F)(F)F)CC1)C(=O)OC. The molecule has 0 aromatic carbocycles. The van der Waals surface area contributed by atoms with Crippen molar-refractivity contribution in [2.24, 2.45) is 5.92 Å². The average Bonchev–Trinajstić information content (AvgIpc) is 2.46. The Bertz CT molecular complexity index is 316. The lowest BCUT2D eigenvalue weighted by Gasteiger charge is -2.33. The maximum atomic E-state index is 12.6. The van der Waals surface area contributed by atoms with Gasteiger partial charge in [-0.2, -0.15) is 13.2 Å². The third kappa shape index (κ3) is 6.22. The Hall–Kier alpha value is -0.820. The highest BCUT2D eigenvalue weighted by Gasteiger charge is 2.41. The van der Waals surface area contributed by atoms with Gasteiger partial charge in [0.15, 0.2) is 0 Å². The summed E-state index contributed by atoms with van der Waals surface area (Å²) in [5.41, 5.74) is 0. The zero-order valence-corrected chi connectivity index (χ0v) is 12.7. The standard InChI is InChI=1S/C14H25F3N2O2/c1-3-7-18-12(13(20)21-2)6-10-19-8-4-11(5-9-19)14(15,16)17/h11-12,18H,3-10H2,1-2H3. The highest BCUT2D eigenvalue weighted by atomic mass is 19.4. The van der Waals surface area contributed by atoms with Crippen LogP contribution >= 0.6 is 0 Å². The van der Waals surface area contributed by atoms with Crippen molar-refractivity contribution in [2.45, 2.75) is 44.8 Å². The van der Waals surface area contributed by atoms with Crippen molar-refractivity contribution in [1.29, 1.82) is 0 Å². The normalized spacial score (nSPS) is 19.5. The van der Waals surface area contributed by atoms with Crippen molar-refractivity contribution >= 4 is 5.97 Å². The number of likely N-dealkylation sites (tertiary alicyclic amines) is 1. The fourth-order valence-electron chi connectivity index (χ4n) is 2.56. The summed E-state index contributed by atoms with van der Waals surface area (Å²) in [5.74, 6) is -1.49. The fraction of sp³-hybridized carbons (Fsp3) is 0.929. The van der Waals surface area contributed by atoms with Gasteiger partial charge >= 0.3 is 12.1 Å². The number of esters is 1. The van der Waals surface area contributed by atoms with Crippen LogP contribution in [-0.4, -0.2) is 56.4 Å². The van der Waals surface area contributed by atoms with E-state index in [4.69, 9.17) is 4.74 Å². The molecule has 0 aliphatic carbocycles. The molecular weight excluding hydrogens is 285 g/mol. The molecule has 21 heavy (non-hydrogen) atoms. The molecule has 4 nitrogen and oxygen atoms in total. The van der Waals surface area contributed by atoms with Crippen LogP contribution in [0, 0.1) is 5.92 Å². The zero-order chi connectivity index (χ0) is 15.9. The van der Waals surface area contributed by atoms with Crippen LogP contribution in [0.15, 0.2) is 0 Å². The molecule has 0 bridgehead atoms. The minimum absolute atomic E-state index is 0.148. The van der Waals surface area contributed by atoms with Crippen molar-refractivity contribution < 1.29 is 22.7 Å². The summed E-state index contributed by atoms with van der Waals surface area (Å²) in [5, 5.41) is 3.11. The molecule has 0 aromatic heterocycles. The van der Waals surface area contributed by atoms with E-state index in [0.29, 0.717) is 26.1 Å². The lowest BCUT2D eigenvalue weighted by Crippen LogP contribution is -2.44. The van der Waals surface area contributed by atoms with Gasteiger partial charge in [0.25, 0.3) is 0 Å². The van der Waals surface area contributed by atoms with E-state index >= 15 is 0 Å². The number of piperidine rings is 1. The highest BCUT2D eigenvalue weighted by Crippen LogP contribution is 2.34. The zero-order valence-electron chi connectivity index (χ0n) is 12.7. The topological polar surface area (TPSA) is 41.6 Å². The molecule has 7 heteroatoms. The van der Waals surface area contributed by atoms with Crippen molar-refractivity contribution in [3.63, 3.8) is 0 Å². The molecule has 1 rings (SSSR count). The number of hydrogen-bond donors (Lipinski definition) is 1. The molecular formula is C14H25F3N2O2. The molecule has 0 saturated carbocycles. The van der Waals surface area contributed by atoms with E-state index in [1.54, 1.807) is 0 Å². The van der Waals surface area contributed by atoms with Crippen molar-refractivity contribution in [3.05, 3.63) is 0 Å². The van der Waals surface area contributed by atoms with Gasteiger partial charge in [-0.3, -0.25) is 4.79 Å². The van der Waals surface area contributed by atoms with E-state index < -0.39 is 12.1 Å². The average molecular weight is 310 g/mol. The third-order valence-electron chi connectivity index (χ3n) is 3.91. The predicted molar refractivity (Wildman–Crippen MR) is 73.9 cm³/mol. The first kappa shape index (κ1) is 18.2. The Balaban J connectivity index is 2.35. The number of carbonyl (C=O) groups excluding carboxylic acids is 1. The van der Waals surface area contributed by atoms with Gasteiger partial charge < -0.3 is 15.0 Å². The van der Waals surface area contributed by atoms with Crippen LogP contribution in [0.4, 0.5) is 13.2 Å². The van der Waals surface area contributed by atoms with E-state index in [9.17, 15) is 18.0 Å². The third-order valence-corrected chi connectivity index (χ3v) is 3.91. The molecule has 1 heterocycles. The van der Waals surface area contributed by atoms with E-state index in [2.05, 4.69) is 5.32 Å². The van der Waals surface area contributed by atoms with Gasteiger partial charge in [0.2, 0.25) is 0 Å². The Morgan fingerprint density at radius 1 is 1.38 bits per heavy atom. The predicted octanol–water partition coefficient (Wildman–Crippen LogP) is 2.19. The molecule has 0 aromatic rings. The lowest BCUT2D eigenvalue weighted by atomic mass is 9.96. The first-order valence-electron chi connectivity index (χ1n) is 7.48. The molecule has 0 radical (unpaired) electrons. The molecule has 0 amide bonds. The first-order chi connectivity index (χ1) is 9.88. The van der Waals surface area contributed by atoms with Crippen molar-refractivity contribution in [1.82, 2.24) is 10.2 Å². The van der Waals surface area contributed by atoms with Crippen LogP contribution in [0.25, 0.3) is 0 Å². The molecule has 1 fully saturated rings. The number of hydrogen-bond acceptors (Lipinski definition) is 4. The van der Waals surface area contributed by atoms with Gasteiger partial charge in [0.05, 0.1) is 13.0 Å². The van der Waals surface area contributed by atoms with Crippen molar-refractivity contribution in [2.75, 3.05) is 33.3 Å². The van der Waals surface area contributed by atoms with E-state index in [-0.39, 0.29) is 24.9 Å². The Kier molecular flexibility index (Phi) is 7.45. The number of rotatable bonds is 7. The maximum Gasteiger partial charge on any atom is 0.391 e. The number of methoxy groups -OCH3 is 1. The second-order valence-corrected chi connectivity index (χ2v) is 5.48. The Labute approximate surface area is 124 Å². The number of ether oxygens (including phenoxy) is 1. The molecule has 124 valence electrons. The van der Waals surface area contributed by atoms with Gasteiger partial charge in [0, 0.05) is 6.54 Å². The van der Waals surface area contributed by atoms with Gasteiger partial charge in [-0.15, -0.1) is 0 Å². The van der Waals surface area contributed by atoms with Crippen LogP contribution in [-0.2, 0) is 9.53 Å². The Morgan fingerprint density at radius 3 is 2.48 bits per heavy atom. The summed E-state index contributed by atoms with van der Waals surface area (Å²) in [7, 11) is 1.35. The largest absolute Gasteiger partial charge is 0.468 e. The minimum atomic E-state index is -4.08. The number of carbonyl (C=O) groups is 1. The number of nitrogens with zero attached hydrogens (tertiary/aromatic N) is 1. The quantitative estimate of drug-likeness (QED) is 0.732. The molecule has 0 spiro atoms. The molecule has 1 unspecified atom stereocenters. The summed E-state index contributed by atoms with van der Waals surface area (Å²) >= 11 is 0. The second kappa shape index (κ2) is 8.58. The monoisotopic (exact) mass is 310 g/mol. The minimum Gasteiger partial charge on any atom is -0.468 e. The van der Waals surface area contributed by atoms with E-state index in [1.807, 2.05) is 11.8 Å². The van der Waals surface area contributed by atoms with Crippen LogP contribution in [0.1, 0.15) is 32.6 Å². The number of halogens is 3. The highest BCUT2D eigenvalue weighted by molar-refractivity contribution is 5.75. The molecule has 1 aliphatic rings.